The normalized spacial score (nSPS) is 20.1. The zero-order valence-corrected chi connectivity index (χ0v) is 16.3. The minimum absolute atomic E-state index is 0.0119. The van der Waals surface area contributed by atoms with Crippen LogP contribution in [-0.4, -0.2) is 52.3 Å². The van der Waals surface area contributed by atoms with Crippen molar-refractivity contribution in [3.8, 4) is 0 Å². The van der Waals surface area contributed by atoms with Crippen molar-refractivity contribution in [1.29, 1.82) is 0 Å². The molecule has 0 radical (unpaired) electrons. The van der Waals surface area contributed by atoms with Crippen LogP contribution in [-0.2, 0) is 20.7 Å². The maximum Gasteiger partial charge on any atom is 0.308 e. The number of hydrogen-bond donors (Lipinski definition) is 0. The van der Waals surface area contributed by atoms with Crippen LogP contribution in [0.5, 0.6) is 0 Å². The van der Waals surface area contributed by atoms with Crippen LogP contribution in [0.1, 0.15) is 43.5 Å². The molecule has 0 N–H and O–H groups in total. The van der Waals surface area contributed by atoms with Crippen LogP contribution >= 0.6 is 11.8 Å². The first-order valence-corrected chi connectivity index (χ1v) is 10.0. The Hall–Kier alpha value is -1.83. The summed E-state index contributed by atoms with van der Waals surface area (Å²) in [5.41, 5.74) is 1.50. The largest absolute Gasteiger partial charge is 0.469 e. The van der Waals surface area contributed by atoms with Gasteiger partial charge in [-0.2, -0.15) is 0 Å². The molecule has 7 nitrogen and oxygen atoms in total. The second-order valence-electron chi connectivity index (χ2n) is 6.83. The van der Waals surface area contributed by atoms with Crippen LogP contribution in [0, 0.1) is 12.8 Å². The van der Waals surface area contributed by atoms with E-state index in [9.17, 15) is 14.4 Å². The number of nitrogens with zero attached hydrogens (tertiary/aromatic N) is 3. The van der Waals surface area contributed by atoms with E-state index in [0.717, 1.165) is 11.3 Å². The number of carbonyl (C=O) groups is 2. The molecule has 0 saturated carbocycles. The maximum atomic E-state index is 12.8. The van der Waals surface area contributed by atoms with Crippen molar-refractivity contribution >= 4 is 23.6 Å². The van der Waals surface area contributed by atoms with Gasteiger partial charge in [0.05, 0.1) is 19.1 Å². The van der Waals surface area contributed by atoms with E-state index in [0.29, 0.717) is 49.7 Å². The fraction of sp³-hybridized carbons (Fsp3) is 0.667. The van der Waals surface area contributed by atoms with Crippen molar-refractivity contribution in [1.82, 2.24) is 14.5 Å². The van der Waals surface area contributed by atoms with Crippen LogP contribution in [0.3, 0.4) is 0 Å². The Morgan fingerprint density at radius 1 is 1.31 bits per heavy atom. The fourth-order valence-corrected chi connectivity index (χ4v) is 4.92. The quantitative estimate of drug-likeness (QED) is 0.583. The van der Waals surface area contributed by atoms with E-state index in [-0.39, 0.29) is 29.4 Å². The number of aryl methyl sites for hydroxylation is 1. The third-order valence-electron chi connectivity index (χ3n) is 5.30. The number of ether oxygens (including phenoxy) is 1. The molecule has 1 aromatic rings. The maximum absolute atomic E-state index is 12.8. The third kappa shape index (κ3) is 3.51. The van der Waals surface area contributed by atoms with Crippen molar-refractivity contribution in [2.45, 2.75) is 50.7 Å². The summed E-state index contributed by atoms with van der Waals surface area (Å²) in [7, 11) is 1.40. The Bertz CT molecular complexity index is 768. The topological polar surface area (TPSA) is 81.5 Å². The molecule has 0 spiro atoms. The average Bonchev–Trinajstić information content (AvgIpc) is 3.04. The number of fused-ring (bicyclic) bond motifs is 1. The monoisotopic (exact) mass is 379 g/mol. The van der Waals surface area contributed by atoms with Gasteiger partial charge in [0.2, 0.25) is 5.91 Å². The van der Waals surface area contributed by atoms with Gasteiger partial charge in [0, 0.05) is 36.5 Å². The zero-order valence-electron chi connectivity index (χ0n) is 15.5. The molecule has 1 atom stereocenters. The Morgan fingerprint density at radius 2 is 2.00 bits per heavy atom. The van der Waals surface area contributed by atoms with Gasteiger partial charge in [-0.25, -0.2) is 4.98 Å². The van der Waals surface area contributed by atoms with E-state index in [2.05, 4.69) is 4.98 Å². The third-order valence-corrected chi connectivity index (χ3v) is 6.40. The van der Waals surface area contributed by atoms with E-state index in [1.807, 2.05) is 13.8 Å². The molecule has 3 rings (SSSR count). The molecule has 1 aromatic heterocycles. The van der Waals surface area contributed by atoms with Gasteiger partial charge in [-0.3, -0.25) is 19.0 Å². The summed E-state index contributed by atoms with van der Waals surface area (Å²) in [5.74, 6) is 0.420. The summed E-state index contributed by atoms with van der Waals surface area (Å²) in [5, 5.41) is 0.715. The van der Waals surface area contributed by atoms with E-state index < -0.39 is 0 Å². The van der Waals surface area contributed by atoms with Crippen molar-refractivity contribution in [3.63, 3.8) is 0 Å². The van der Waals surface area contributed by atoms with E-state index in [1.54, 1.807) is 9.47 Å². The minimum Gasteiger partial charge on any atom is -0.469 e. The van der Waals surface area contributed by atoms with Gasteiger partial charge in [0.1, 0.15) is 0 Å². The first-order valence-electron chi connectivity index (χ1n) is 9.06. The molecule has 2 aliphatic rings. The highest BCUT2D eigenvalue weighted by molar-refractivity contribution is 7.99. The number of hydrogen-bond acceptors (Lipinski definition) is 6. The number of amides is 1. The zero-order chi connectivity index (χ0) is 18.8. The molecule has 8 heteroatoms. The van der Waals surface area contributed by atoms with Gasteiger partial charge in [-0.05, 0) is 26.2 Å². The molecular formula is C18H25N3O4S. The van der Waals surface area contributed by atoms with Crippen LogP contribution in [0.25, 0.3) is 0 Å². The summed E-state index contributed by atoms with van der Waals surface area (Å²) < 4.78 is 6.49. The predicted molar refractivity (Wildman–Crippen MR) is 98.3 cm³/mol. The molecule has 1 fully saturated rings. The highest BCUT2D eigenvalue weighted by Crippen LogP contribution is 2.33. The number of thioether (sulfide) groups is 1. The lowest BCUT2D eigenvalue weighted by molar-refractivity contribution is -0.149. The van der Waals surface area contributed by atoms with Crippen molar-refractivity contribution < 1.29 is 14.3 Å². The highest BCUT2D eigenvalue weighted by atomic mass is 32.2. The molecule has 1 amide bonds. The van der Waals surface area contributed by atoms with Crippen molar-refractivity contribution in [3.05, 3.63) is 21.6 Å². The number of esters is 1. The molecular weight excluding hydrogens is 354 g/mol. The Morgan fingerprint density at radius 3 is 2.62 bits per heavy atom. The number of piperidine rings is 1. The summed E-state index contributed by atoms with van der Waals surface area (Å²) in [4.78, 5) is 43.4. The lowest BCUT2D eigenvalue weighted by Crippen LogP contribution is -2.41. The number of methoxy groups -OCH3 is 1. The van der Waals surface area contributed by atoms with Crippen LogP contribution in [0.2, 0.25) is 0 Å². The second kappa shape index (κ2) is 7.82. The Balaban J connectivity index is 1.68. The first kappa shape index (κ1) is 18.9. The lowest BCUT2D eigenvalue weighted by atomic mass is 9.96. The van der Waals surface area contributed by atoms with Gasteiger partial charge in [-0.1, -0.05) is 18.7 Å². The summed E-state index contributed by atoms with van der Waals surface area (Å²) >= 11 is 1.54. The second-order valence-corrected chi connectivity index (χ2v) is 7.82. The van der Waals surface area contributed by atoms with E-state index in [1.165, 1.54) is 18.9 Å². The molecule has 142 valence electrons. The molecule has 0 bridgehead atoms. The molecule has 26 heavy (non-hydrogen) atoms. The van der Waals surface area contributed by atoms with Gasteiger partial charge in [-0.15, -0.1) is 0 Å². The summed E-state index contributed by atoms with van der Waals surface area (Å²) in [6, 6.07) is -0.147. The van der Waals surface area contributed by atoms with E-state index in [4.69, 9.17) is 4.74 Å². The molecule has 2 aliphatic heterocycles. The first-order chi connectivity index (χ1) is 12.5. The minimum atomic E-state index is -0.196. The molecule has 0 aromatic carbocycles. The highest BCUT2D eigenvalue weighted by Gasteiger charge is 2.32. The number of likely N-dealkylation sites (tertiary alicyclic amines) is 1. The average molecular weight is 379 g/mol. The summed E-state index contributed by atoms with van der Waals surface area (Å²) in [6.45, 7) is 4.94. The van der Waals surface area contributed by atoms with Gasteiger partial charge in [0.15, 0.2) is 5.16 Å². The SMILES string of the molecule is CCc1c(C)nc2n(c1=O)C(CC(=O)N1CCC(C(=O)OC)CC1)CS2. The number of aromatic nitrogens is 2. The van der Waals surface area contributed by atoms with Crippen LogP contribution < -0.4 is 5.56 Å². The van der Waals surface area contributed by atoms with Crippen molar-refractivity contribution in [2.24, 2.45) is 5.92 Å². The lowest BCUT2D eigenvalue weighted by Gasteiger charge is -2.31. The smallest absolute Gasteiger partial charge is 0.308 e. The summed E-state index contributed by atoms with van der Waals surface area (Å²) in [6.07, 6.45) is 2.21. The molecule has 1 unspecified atom stereocenters. The number of rotatable bonds is 4. The Labute approximate surface area is 157 Å². The van der Waals surface area contributed by atoms with Gasteiger partial charge < -0.3 is 9.64 Å². The van der Waals surface area contributed by atoms with Crippen LogP contribution in [0.4, 0.5) is 0 Å². The van der Waals surface area contributed by atoms with Gasteiger partial charge >= 0.3 is 5.97 Å². The predicted octanol–water partition coefficient (Wildman–Crippen LogP) is 1.56. The van der Waals surface area contributed by atoms with E-state index >= 15 is 0 Å². The molecule has 3 heterocycles. The van der Waals surface area contributed by atoms with Crippen molar-refractivity contribution in [2.75, 3.05) is 26.0 Å². The standard InChI is InChI=1S/C18H25N3O4S/c1-4-14-11(2)19-18-21(16(14)23)13(10-26-18)9-15(22)20-7-5-12(6-8-20)17(24)25-3/h12-13H,4-10H2,1-3H3. The fourth-order valence-electron chi connectivity index (χ4n) is 3.74. The Kier molecular flexibility index (Phi) is 5.70. The molecule has 0 aliphatic carbocycles. The molecule has 1 saturated heterocycles. The van der Waals surface area contributed by atoms with Crippen LogP contribution in [0.15, 0.2) is 9.95 Å². The van der Waals surface area contributed by atoms with Gasteiger partial charge in [0.25, 0.3) is 5.56 Å². The number of carbonyl (C=O) groups excluding carboxylic acids is 2.